The van der Waals surface area contributed by atoms with Crippen LogP contribution in [0.15, 0.2) is 12.3 Å². The molecule has 1 amide bonds. The quantitative estimate of drug-likeness (QED) is 0.743. The Morgan fingerprint density at radius 3 is 2.67 bits per heavy atom. The number of hydrogen-bond donors (Lipinski definition) is 2. The van der Waals surface area contributed by atoms with Crippen molar-refractivity contribution < 1.29 is 9.90 Å². The minimum absolute atomic E-state index is 0.150. The summed E-state index contributed by atoms with van der Waals surface area (Å²) >= 11 is 11.1. The highest BCUT2D eigenvalue weighted by Gasteiger charge is 2.02. The molecule has 1 aromatic heterocycles. The maximum absolute atomic E-state index is 10.1. The Kier molecular flexibility index (Phi) is 2.73. The van der Waals surface area contributed by atoms with Crippen molar-refractivity contribution in [3.05, 3.63) is 22.3 Å². The lowest BCUT2D eigenvalue weighted by Crippen LogP contribution is -2.08. The predicted octanol–water partition coefficient (Wildman–Crippen LogP) is 2.48. The van der Waals surface area contributed by atoms with E-state index in [1.165, 1.54) is 12.3 Å². The predicted molar refractivity (Wildman–Crippen MR) is 45.9 cm³/mol. The minimum atomic E-state index is -1.19. The zero-order chi connectivity index (χ0) is 9.14. The van der Waals surface area contributed by atoms with Crippen LogP contribution in [0.5, 0.6) is 0 Å². The molecular formula is C6H4Cl2N2O2. The number of carboxylic acid groups (broad SMARTS) is 1. The third kappa shape index (κ3) is 2.25. The summed E-state index contributed by atoms with van der Waals surface area (Å²) in [6.45, 7) is 0. The van der Waals surface area contributed by atoms with Gasteiger partial charge in [0.1, 0.15) is 5.82 Å². The second kappa shape index (κ2) is 3.60. The summed E-state index contributed by atoms with van der Waals surface area (Å²) in [5, 5.41) is 10.9. The van der Waals surface area contributed by atoms with Crippen molar-refractivity contribution in [1.29, 1.82) is 0 Å². The van der Waals surface area contributed by atoms with Gasteiger partial charge in [0.05, 0.1) is 10.0 Å². The third-order valence-electron chi connectivity index (χ3n) is 1.04. The van der Waals surface area contributed by atoms with Crippen molar-refractivity contribution in [2.75, 3.05) is 5.32 Å². The zero-order valence-corrected chi connectivity index (χ0v) is 7.23. The molecule has 1 aromatic rings. The summed E-state index contributed by atoms with van der Waals surface area (Å²) in [7, 11) is 0. The number of anilines is 1. The molecule has 0 unspecified atom stereocenters. The van der Waals surface area contributed by atoms with Gasteiger partial charge in [-0.25, -0.2) is 9.78 Å². The first-order chi connectivity index (χ1) is 5.59. The number of pyridine rings is 1. The van der Waals surface area contributed by atoms with Crippen LogP contribution in [-0.4, -0.2) is 16.2 Å². The molecule has 0 radical (unpaired) electrons. The Labute approximate surface area is 78.1 Å². The van der Waals surface area contributed by atoms with Crippen LogP contribution in [-0.2, 0) is 0 Å². The van der Waals surface area contributed by atoms with Gasteiger partial charge in [-0.05, 0) is 0 Å². The standard InChI is InChI=1S/C6H4Cl2N2O2/c7-3-1-5(10-6(11)12)9-2-4(3)8/h1-2H,(H,9,10)(H,11,12). The van der Waals surface area contributed by atoms with Gasteiger partial charge < -0.3 is 5.11 Å². The molecule has 0 aliphatic rings. The van der Waals surface area contributed by atoms with Crippen molar-refractivity contribution in [2.45, 2.75) is 0 Å². The molecule has 12 heavy (non-hydrogen) atoms. The van der Waals surface area contributed by atoms with E-state index < -0.39 is 6.09 Å². The zero-order valence-electron chi connectivity index (χ0n) is 5.71. The van der Waals surface area contributed by atoms with E-state index in [0.717, 1.165) is 0 Å². The van der Waals surface area contributed by atoms with Crippen LogP contribution in [0, 0.1) is 0 Å². The lowest BCUT2D eigenvalue weighted by molar-refractivity contribution is 0.209. The van der Waals surface area contributed by atoms with E-state index in [9.17, 15) is 4.79 Å². The average molecular weight is 207 g/mol. The Morgan fingerprint density at radius 2 is 2.17 bits per heavy atom. The highest BCUT2D eigenvalue weighted by atomic mass is 35.5. The fourth-order valence-corrected chi connectivity index (χ4v) is 0.848. The monoisotopic (exact) mass is 206 g/mol. The Balaban J connectivity index is 2.89. The molecule has 0 atom stereocenters. The lowest BCUT2D eigenvalue weighted by Gasteiger charge is -2.00. The van der Waals surface area contributed by atoms with Gasteiger partial charge in [-0.15, -0.1) is 0 Å². The highest BCUT2D eigenvalue weighted by molar-refractivity contribution is 6.42. The van der Waals surface area contributed by atoms with Gasteiger partial charge >= 0.3 is 6.09 Å². The van der Waals surface area contributed by atoms with Crippen LogP contribution in [0.25, 0.3) is 0 Å². The van der Waals surface area contributed by atoms with Crippen LogP contribution in [0.2, 0.25) is 10.0 Å². The first-order valence-electron chi connectivity index (χ1n) is 2.90. The fraction of sp³-hybridized carbons (Fsp3) is 0. The molecule has 0 bridgehead atoms. The minimum Gasteiger partial charge on any atom is -0.465 e. The molecule has 0 saturated carbocycles. The van der Waals surface area contributed by atoms with Crippen molar-refractivity contribution in [3.8, 4) is 0 Å². The van der Waals surface area contributed by atoms with Gasteiger partial charge in [0.2, 0.25) is 0 Å². The molecule has 0 aliphatic heterocycles. The normalized spacial score (nSPS) is 9.50. The highest BCUT2D eigenvalue weighted by Crippen LogP contribution is 2.22. The third-order valence-corrected chi connectivity index (χ3v) is 1.75. The fourth-order valence-electron chi connectivity index (χ4n) is 0.592. The van der Waals surface area contributed by atoms with Crippen molar-refractivity contribution in [3.63, 3.8) is 0 Å². The molecule has 1 heterocycles. The van der Waals surface area contributed by atoms with Crippen LogP contribution in [0.4, 0.5) is 10.6 Å². The van der Waals surface area contributed by atoms with Gasteiger partial charge in [0.15, 0.2) is 0 Å². The Morgan fingerprint density at radius 1 is 1.50 bits per heavy atom. The Bertz CT molecular complexity index is 316. The van der Waals surface area contributed by atoms with Crippen molar-refractivity contribution in [2.24, 2.45) is 0 Å². The van der Waals surface area contributed by atoms with E-state index in [4.69, 9.17) is 28.3 Å². The first kappa shape index (κ1) is 9.09. The van der Waals surface area contributed by atoms with Crippen molar-refractivity contribution >= 4 is 35.1 Å². The van der Waals surface area contributed by atoms with Crippen LogP contribution >= 0.6 is 23.2 Å². The van der Waals surface area contributed by atoms with E-state index in [1.54, 1.807) is 0 Å². The molecule has 64 valence electrons. The number of nitrogens with one attached hydrogen (secondary N) is 1. The van der Waals surface area contributed by atoms with E-state index in [1.807, 2.05) is 5.32 Å². The summed E-state index contributed by atoms with van der Waals surface area (Å²) < 4.78 is 0. The molecule has 2 N–H and O–H groups in total. The number of amides is 1. The van der Waals surface area contributed by atoms with Gasteiger partial charge in [0, 0.05) is 12.3 Å². The maximum atomic E-state index is 10.1. The molecule has 4 nitrogen and oxygen atoms in total. The van der Waals surface area contributed by atoms with Gasteiger partial charge in [-0.2, -0.15) is 0 Å². The summed E-state index contributed by atoms with van der Waals surface area (Å²) in [4.78, 5) is 13.8. The molecule has 6 heteroatoms. The number of nitrogens with zero attached hydrogens (tertiary/aromatic N) is 1. The lowest BCUT2D eigenvalue weighted by atomic mass is 10.4. The van der Waals surface area contributed by atoms with E-state index in [0.29, 0.717) is 0 Å². The van der Waals surface area contributed by atoms with Crippen molar-refractivity contribution in [1.82, 2.24) is 4.98 Å². The molecule has 0 aromatic carbocycles. The summed E-state index contributed by atoms with van der Waals surface area (Å²) in [5.74, 6) is 0.150. The van der Waals surface area contributed by atoms with Crippen LogP contribution in [0.3, 0.4) is 0 Å². The molecule has 0 saturated heterocycles. The van der Waals surface area contributed by atoms with Crippen LogP contribution in [0.1, 0.15) is 0 Å². The van der Waals surface area contributed by atoms with E-state index >= 15 is 0 Å². The number of hydrogen-bond acceptors (Lipinski definition) is 2. The smallest absolute Gasteiger partial charge is 0.410 e. The van der Waals surface area contributed by atoms with E-state index in [-0.39, 0.29) is 15.9 Å². The van der Waals surface area contributed by atoms with Crippen LogP contribution < -0.4 is 5.32 Å². The molecule has 1 rings (SSSR count). The average Bonchev–Trinajstić information content (AvgIpc) is 1.96. The van der Waals surface area contributed by atoms with Gasteiger partial charge in [0.25, 0.3) is 0 Å². The topological polar surface area (TPSA) is 62.2 Å². The van der Waals surface area contributed by atoms with Gasteiger partial charge in [-0.1, -0.05) is 23.2 Å². The molecule has 0 spiro atoms. The first-order valence-corrected chi connectivity index (χ1v) is 3.66. The van der Waals surface area contributed by atoms with E-state index in [2.05, 4.69) is 4.98 Å². The summed E-state index contributed by atoms with van der Waals surface area (Å²) in [5.41, 5.74) is 0. The molecule has 0 fully saturated rings. The number of halogens is 2. The summed E-state index contributed by atoms with van der Waals surface area (Å²) in [6, 6.07) is 1.33. The molecule has 0 aliphatic carbocycles. The summed E-state index contributed by atoms with van der Waals surface area (Å²) in [6.07, 6.45) is 0.0794. The second-order valence-corrected chi connectivity index (χ2v) is 2.73. The number of rotatable bonds is 1. The maximum Gasteiger partial charge on any atom is 0.410 e. The largest absolute Gasteiger partial charge is 0.465 e. The SMILES string of the molecule is O=C(O)Nc1cc(Cl)c(Cl)cn1. The second-order valence-electron chi connectivity index (χ2n) is 1.91. The number of aromatic nitrogens is 1. The Hall–Kier alpha value is -1.00. The van der Waals surface area contributed by atoms with Gasteiger partial charge in [-0.3, -0.25) is 5.32 Å². The molecular weight excluding hydrogens is 203 g/mol. The number of carbonyl (C=O) groups is 1.